The molecule has 0 aliphatic carbocycles. The van der Waals surface area contributed by atoms with E-state index < -0.39 is 5.97 Å². The predicted molar refractivity (Wildman–Crippen MR) is 64.7 cm³/mol. The van der Waals surface area contributed by atoms with E-state index in [4.69, 9.17) is 5.11 Å². The lowest BCUT2D eigenvalue weighted by Gasteiger charge is -2.27. The molecule has 0 amide bonds. The second-order valence-electron chi connectivity index (χ2n) is 4.07. The number of hydrogen-bond donors (Lipinski definition) is 1. The molecule has 0 fully saturated rings. The normalized spacial score (nSPS) is 12.7. The maximum Gasteiger partial charge on any atom is 0.317 e. The Morgan fingerprint density at radius 1 is 1.47 bits per heavy atom. The lowest BCUT2D eigenvalue weighted by Crippen LogP contribution is -2.33. The fourth-order valence-electron chi connectivity index (χ4n) is 1.87. The molecular weight excluding hydrogens is 218 g/mol. The molecule has 0 spiro atoms. The van der Waals surface area contributed by atoms with Gasteiger partial charge in [0.15, 0.2) is 0 Å². The Balaban J connectivity index is 2.87. The molecule has 0 saturated heterocycles. The Kier molecular flexibility index (Phi) is 5.03. The molecule has 0 aliphatic heterocycles. The van der Waals surface area contributed by atoms with Crippen LogP contribution in [0.3, 0.4) is 0 Å². The van der Waals surface area contributed by atoms with E-state index in [1.165, 1.54) is 0 Å². The molecule has 1 aromatic rings. The molecule has 0 radical (unpaired) electrons. The molecule has 1 heterocycles. The lowest BCUT2D eigenvalue weighted by atomic mass is 10.1. The zero-order chi connectivity index (χ0) is 12.8. The molecule has 1 atom stereocenters. The number of hydrogen-bond acceptors (Lipinski definition) is 4. The number of aromatic nitrogens is 2. The van der Waals surface area contributed by atoms with E-state index in [-0.39, 0.29) is 12.6 Å². The summed E-state index contributed by atoms with van der Waals surface area (Å²) in [5, 5.41) is 8.90. The van der Waals surface area contributed by atoms with Gasteiger partial charge >= 0.3 is 5.97 Å². The summed E-state index contributed by atoms with van der Waals surface area (Å²) in [5.74, 6) is -0.813. The third-order valence-electron chi connectivity index (χ3n) is 2.71. The largest absolute Gasteiger partial charge is 0.480 e. The van der Waals surface area contributed by atoms with Gasteiger partial charge in [-0.3, -0.25) is 19.7 Å². The highest BCUT2D eigenvalue weighted by Crippen LogP contribution is 2.19. The van der Waals surface area contributed by atoms with E-state index in [9.17, 15) is 4.79 Å². The average molecular weight is 237 g/mol. The van der Waals surface area contributed by atoms with Crippen LogP contribution in [0.1, 0.15) is 37.7 Å². The van der Waals surface area contributed by atoms with Crippen molar-refractivity contribution >= 4 is 5.97 Å². The van der Waals surface area contributed by atoms with Crippen molar-refractivity contribution in [2.45, 2.75) is 33.2 Å². The van der Waals surface area contributed by atoms with Crippen LogP contribution >= 0.6 is 0 Å². The molecule has 5 heteroatoms. The molecule has 1 N–H and O–H groups in total. The monoisotopic (exact) mass is 237 g/mol. The quantitative estimate of drug-likeness (QED) is 0.814. The lowest BCUT2D eigenvalue weighted by molar-refractivity contribution is -0.138. The van der Waals surface area contributed by atoms with Gasteiger partial charge < -0.3 is 5.11 Å². The summed E-state index contributed by atoms with van der Waals surface area (Å²) < 4.78 is 0. The molecule has 1 rings (SSSR count). The second kappa shape index (κ2) is 6.30. The van der Waals surface area contributed by atoms with E-state index in [0.717, 1.165) is 24.4 Å². The van der Waals surface area contributed by atoms with Crippen molar-refractivity contribution in [3.8, 4) is 0 Å². The SMILES string of the molecule is CCCN(CC(=O)O)C(C)c1nccnc1C. The summed E-state index contributed by atoms with van der Waals surface area (Å²) in [6.07, 6.45) is 4.20. The number of aliphatic carboxylic acids is 1. The molecule has 0 saturated carbocycles. The van der Waals surface area contributed by atoms with Gasteiger partial charge in [0.2, 0.25) is 0 Å². The first-order valence-electron chi connectivity index (χ1n) is 5.79. The fourth-order valence-corrected chi connectivity index (χ4v) is 1.87. The van der Waals surface area contributed by atoms with Gasteiger partial charge in [-0.25, -0.2) is 0 Å². The number of carboxylic acids is 1. The van der Waals surface area contributed by atoms with E-state index in [1.807, 2.05) is 25.7 Å². The van der Waals surface area contributed by atoms with Gasteiger partial charge in [0.05, 0.1) is 24.0 Å². The molecule has 0 aromatic carbocycles. The van der Waals surface area contributed by atoms with E-state index in [2.05, 4.69) is 9.97 Å². The molecular formula is C12H19N3O2. The zero-order valence-electron chi connectivity index (χ0n) is 10.6. The Morgan fingerprint density at radius 2 is 2.12 bits per heavy atom. The van der Waals surface area contributed by atoms with Crippen LogP contribution < -0.4 is 0 Å². The summed E-state index contributed by atoms with van der Waals surface area (Å²) in [4.78, 5) is 21.2. The van der Waals surface area contributed by atoms with Crippen LogP contribution in [-0.4, -0.2) is 39.0 Å². The first-order chi connectivity index (χ1) is 8.06. The van der Waals surface area contributed by atoms with Crippen molar-refractivity contribution in [2.24, 2.45) is 0 Å². The molecule has 17 heavy (non-hydrogen) atoms. The topological polar surface area (TPSA) is 66.3 Å². The number of nitrogens with zero attached hydrogens (tertiary/aromatic N) is 3. The Morgan fingerprint density at radius 3 is 2.65 bits per heavy atom. The number of carboxylic acid groups (broad SMARTS) is 1. The maximum atomic E-state index is 10.8. The summed E-state index contributed by atoms with van der Waals surface area (Å²) in [7, 11) is 0. The fraction of sp³-hybridized carbons (Fsp3) is 0.583. The third kappa shape index (κ3) is 3.78. The standard InChI is InChI=1S/C12H19N3O2/c1-4-7-15(8-11(16)17)10(3)12-9(2)13-5-6-14-12/h5-6,10H,4,7-8H2,1-3H3,(H,16,17). The second-order valence-corrected chi connectivity index (χ2v) is 4.07. The average Bonchev–Trinajstić information content (AvgIpc) is 2.28. The minimum atomic E-state index is -0.813. The van der Waals surface area contributed by atoms with Crippen molar-refractivity contribution in [3.05, 3.63) is 23.8 Å². The van der Waals surface area contributed by atoms with E-state index >= 15 is 0 Å². The minimum absolute atomic E-state index is 0.0280. The maximum absolute atomic E-state index is 10.8. The van der Waals surface area contributed by atoms with E-state index in [0.29, 0.717) is 0 Å². The summed E-state index contributed by atoms with van der Waals surface area (Å²) in [6.45, 7) is 6.67. The zero-order valence-corrected chi connectivity index (χ0v) is 10.6. The Labute approximate surface area is 102 Å². The van der Waals surface area contributed by atoms with Gasteiger partial charge in [-0.1, -0.05) is 6.92 Å². The summed E-state index contributed by atoms with van der Waals surface area (Å²) in [6, 6.07) is -0.0280. The molecule has 1 aromatic heterocycles. The van der Waals surface area contributed by atoms with Crippen LogP contribution in [0, 0.1) is 6.92 Å². The number of aryl methyl sites for hydroxylation is 1. The van der Waals surface area contributed by atoms with Crippen LogP contribution in [-0.2, 0) is 4.79 Å². The molecule has 0 aliphatic rings. The van der Waals surface area contributed by atoms with Crippen molar-refractivity contribution in [2.75, 3.05) is 13.1 Å². The number of carbonyl (C=O) groups is 1. The van der Waals surface area contributed by atoms with Crippen LogP contribution in [0.4, 0.5) is 0 Å². The first-order valence-corrected chi connectivity index (χ1v) is 5.79. The van der Waals surface area contributed by atoms with Crippen LogP contribution in [0.15, 0.2) is 12.4 Å². The van der Waals surface area contributed by atoms with Gasteiger partial charge in [0.1, 0.15) is 0 Å². The highest BCUT2D eigenvalue weighted by molar-refractivity contribution is 5.69. The molecule has 0 bridgehead atoms. The summed E-state index contributed by atoms with van der Waals surface area (Å²) in [5.41, 5.74) is 1.70. The highest BCUT2D eigenvalue weighted by atomic mass is 16.4. The summed E-state index contributed by atoms with van der Waals surface area (Å²) >= 11 is 0. The Bertz CT molecular complexity index is 382. The first kappa shape index (κ1) is 13.6. The van der Waals surface area contributed by atoms with Crippen molar-refractivity contribution in [1.82, 2.24) is 14.9 Å². The van der Waals surface area contributed by atoms with E-state index in [1.54, 1.807) is 12.4 Å². The van der Waals surface area contributed by atoms with Crippen LogP contribution in [0.5, 0.6) is 0 Å². The third-order valence-corrected chi connectivity index (χ3v) is 2.71. The van der Waals surface area contributed by atoms with Crippen LogP contribution in [0.2, 0.25) is 0 Å². The number of rotatable bonds is 6. The predicted octanol–water partition coefficient (Wildman–Crippen LogP) is 1.64. The van der Waals surface area contributed by atoms with Gasteiger partial charge in [-0.15, -0.1) is 0 Å². The van der Waals surface area contributed by atoms with Crippen molar-refractivity contribution in [1.29, 1.82) is 0 Å². The smallest absolute Gasteiger partial charge is 0.317 e. The van der Waals surface area contributed by atoms with Crippen molar-refractivity contribution in [3.63, 3.8) is 0 Å². The minimum Gasteiger partial charge on any atom is -0.480 e. The van der Waals surface area contributed by atoms with Gasteiger partial charge in [-0.2, -0.15) is 0 Å². The van der Waals surface area contributed by atoms with Crippen molar-refractivity contribution < 1.29 is 9.90 Å². The molecule has 5 nitrogen and oxygen atoms in total. The highest BCUT2D eigenvalue weighted by Gasteiger charge is 2.20. The molecule has 94 valence electrons. The van der Waals surface area contributed by atoms with Gasteiger partial charge in [0.25, 0.3) is 0 Å². The van der Waals surface area contributed by atoms with Crippen LogP contribution in [0.25, 0.3) is 0 Å². The van der Waals surface area contributed by atoms with Gasteiger partial charge in [0, 0.05) is 12.4 Å². The Hall–Kier alpha value is -1.49. The molecule has 1 unspecified atom stereocenters. The van der Waals surface area contributed by atoms with Gasteiger partial charge in [-0.05, 0) is 26.8 Å².